The van der Waals surface area contributed by atoms with Crippen LogP contribution in [-0.2, 0) is 27.9 Å². The summed E-state index contributed by atoms with van der Waals surface area (Å²) in [6.07, 6.45) is 2.60. The molecule has 0 fully saturated rings. The number of anilines is 1. The van der Waals surface area contributed by atoms with Crippen LogP contribution in [-0.4, -0.2) is 72.9 Å². The Kier molecular flexibility index (Phi) is 10.8. The van der Waals surface area contributed by atoms with Crippen molar-refractivity contribution in [3.05, 3.63) is 53.9 Å². The smallest absolute Gasteiger partial charge is 0.322 e. The molecule has 1 aromatic carbocycles. The molecule has 1 N–H and O–H groups in total. The zero-order valence-electron chi connectivity index (χ0n) is 19.7. The first-order valence-corrected chi connectivity index (χ1v) is 11.0. The molecule has 1 aromatic heterocycles. The van der Waals surface area contributed by atoms with Crippen LogP contribution in [0.25, 0.3) is 0 Å². The summed E-state index contributed by atoms with van der Waals surface area (Å²) < 4.78 is 12.6. The molecule has 32 heavy (non-hydrogen) atoms. The summed E-state index contributed by atoms with van der Waals surface area (Å²) in [4.78, 5) is 29.5. The first-order valence-electron chi connectivity index (χ1n) is 11.0. The maximum Gasteiger partial charge on any atom is 0.322 e. The van der Waals surface area contributed by atoms with E-state index < -0.39 is 0 Å². The molecule has 8 nitrogen and oxygen atoms in total. The molecular weight excluding hydrogens is 408 g/mol. The molecule has 3 amide bonds. The van der Waals surface area contributed by atoms with Gasteiger partial charge < -0.3 is 29.2 Å². The molecule has 0 saturated heterocycles. The minimum absolute atomic E-state index is 0.0159. The van der Waals surface area contributed by atoms with Gasteiger partial charge in [-0.2, -0.15) is 0 Å². The van der Waals surface area contributed by atoms with Crippen LogP contribution in [0.2, 0.25) is 0 Å². The second-order valence-corrected chi connectivity index (χ2v) is 7.69. The SMILES string of the molecule is CCOCCCN(CC(=O)N(CCOC)Cc1cccn1C)C(=O)Nc1ccc(C)cc1. The van der Waals surface area contributed by atoms with E-state index in [0.717, 1.165) is 11.3 Å². The molecule has 0 spiro atoms. The molecular formula is C24H36N4O4. The quantitative estimate of drug-likeness (QED) is 0.481. The fourth-order valence-corrected chi connectivity index (χ4v) is 3.21. The average Bonchev–Trinajstić information content (AvgIpc) is 3.19. The Morgan fingerprint density at radius 2 is 1.81 bits per heavy atom. The van der Waals surface area contributed by atoms with Crippen LogP contribution >= 0.6 is 0 Å². The number of urea groups is 1. The van der Waals surface area contributed by atoms with Crippen LogP contribution in [0.15, 0.2) is 42.6 Å². The molecule has 0 aliphatic heterocycles. The van der Waals surface area contributed by atoms with E-state index in [1.807, 2.05) is 68.1 Å². The van der Waals surface area contributed by atoms with Crippen LogP contribution in [0.5, 0.6) is 0 Å². The highest BCUT2D eigenvalue weighted by atomic mass is 16.5. The molecule has 2 rings (SSSR count). The second kappa shape index (κ2) is 13.5. The Hall–Kier alpha value is -2.84. The molecule has 0 unspecified atom stereocenters. The van der Waals surface area contributed by atoms with Gasteiger partial charge in [-0.15, -0.1) is 0 Å². The van der Waals surface area contributed by atoms with Gasteiger partial charge in [0, 0.05) is 58.0 Å². The lowest BCUT2D eigenvalue weighted by molar-refractivity contribution is -0.133. The van der Waals surface area contributed by atoms with Crippen molar-refractivity contribution >= 4 is 17.6 Å². The van der Waals surface area contributed by atoms with Gasteiger partial charge in [-0.3, -0.25) is 4.79 Å². The summed E-state index contributed by atoms with van der Waals surface area (Å²) in [7, 11) is 3.56. The van der Waals surface area contributed by atoms with Crippen molar-refractivity contribution in [2.75, 3.05) is 51.9 Å². The molecule has 176 valence electrons. The Morgan fingerprint density at radius 3 is 2.44 bits per heavy atom. The number of methoxy groups -OCH3 is 1. The number of rotatable bonds is 13. The Balaban J connectivity index is 2.08. The van der Waals surface area contributed by atoms with Crippen molar-refractivity contribution in [1.29, 1.82) is 0 Å². The monoisotopic (exact) mass is 444 g/mol. The number of ether oxygens (including phenoxy) is 2. The predicted octanol–water partition coefficient (Wildman–Crippen LogP) is 3.27. The van der Waals surface area contributed by atoms with Crippen LogP contribution in [0.4, 0.5) is 10.5 Å². The first-order chi connectivity index (χ1) is 15.4. The lowest BCUT2D eigenvalue weighted by Gasteiger charge is -2.28. The van der Waals surface area contributed by atoms with Crippen LogP contribution < -0.4 is 5.32 Å². The number of carbonyl (C=O) groups is 2. The second-order valence-electron chi connectivity index (χ2n) is 7.69. The molecule has 0 radical (unpaired) electrons. The highest BCUT2D eigenvalue weighted by Crippen LogP contribution is 2.11. The zero-order chi connectivity index (χ0) is 23.3. The van der Waals surface area contributed by atoms with E-state index in [9.17, 15) is 9.59 Å². The largest absolute Gasteiger partial charge is 0.383 e. The summed E-state index contributed by atoms with van der Waals surface area (Å²) in [6, 6.07) is 11.2. The number of aromatic nitrogens is 1. The number of carbonyl (C=O) groups excluding carboxylic acids is 2. The summed E-state index contributed by atoms with van der Waals surface area (Å²) in [5, 5.41) is 2.90. The van der Waals surface area contributed by atoms with Gasteiger partial charge in [0.15, 0.2) is 0 Å². The van der Waals surface area contributed by atoms with Crippen molar-refractivity contribution in [2.45, 2.75) is 26.8 Å². The van der Waals surface area contributed by atoms with E-state index in [2.05, 4.69) is 5.32 Å². The van der Waals surface area contributed by atoms with Crippen molar-refractivity contribution in [1.82, 2.24) is 14.4 Å². The van der Waals surface area contributed by atoms with Gasteiger partial charge in [0.2, 0.25) is 5.91 Å². The Labute approximate surface area is 191 Å². The summed E-state index contributed by atoms with van der Waals surface area (Å²) in [6.45, 7) is 6.82. The summed E-state index contributed by atoms with van der Waals surface area (Å²) >= 11 is 0. The normalized spacial score (nSPS) is 10.8. The third kappa shape index (κ3) is 8.36. The third-order valence-electron chi connectivity index (χ3n) is 5.16. The molecule has 0 aliphatic rings. The van der Waals surface area contributed by atoms with Crippen LogP contribution in [0.1, 0.15) is 24.6 Å². The average molecular weight is 445 g/mol. The van der Waals surface area contributed by atoms with E-state index in [1.165, 1.54) is 0 Å². The minimum atomic E-state index is -0.302. The predicted molar refractivity (Wildman–Crippen MR) is 126 cm³/mol. The van der Waals surface area contributed by atoms with Crippen molar-refractivity contribution in [3.8, 4) is 0 Å². The minimum Gasteiger partial charge on any atom is -0.383 e. The molecule has 8 heteroatoms. The van der Waals surface area contributed by atoms with Crippen LogP contribution in [0.3, 0.4) is 0 Å². The van der Waals surface area contributed by atoms with E-state index in [4.69, 9.17) is 9.47 Å². The first kappa shape index (κ1) is 25.4. The molecule has 0 bridgehead atoms. The van der Waals surface area contributed by atoms with E-state index >= 15 is 0 Å². The fourth-order valence-electron chi connectivity index (χ4n) is 3.21. The van der Waals surface area contributed by atoms with Crippen molar-refractivity contribution in [2.24, 2.45) is 7.05 Å². The maximum absolute atomic E-state index is 13.2. The molecule has 2 aromatic rings. The topological polar surface area (TPSA) is 76.0 Å². The lowest BCUT2D eigenvalue weighted by Crippen LogP contribution is -2.45. The molecule has 0 saturated carbocycles. The number of hydrogen-bond acceptors (Lipinski definition) is 4. The van der Waals surface area contributed by atoms with Crippen molar-refractivity contribution in [3.63, 3.8) is 0 Å². The fraction of sp³-hybridized carbons (Fsp3) is 0.500. The Bertz CT molecular complexity index is 835. The lowest BCUT2D eigenvalue weighted by atomic mass is 10.2. The van der Waals surface area contributed by atoms with E-state index in [0.29, 0.717) is 51.6 Å². The number of nitrogens with zero attached hydrogens (tertiary/aromatic N) is 3. The number of hydrogen-bond donors (Lipinski definition) is 1. The standard InChI is InChI=1S/C24H36N4O4/c1-5-32-16-7-14-28(24(30)25-21-11-9-20(2)10-12-21)19-23(29)27(15-17-31-4)18-22-8-6-13-26(22)3/h6,8-13H,5,7,14-19H2,1-4H3,(H,25,30). The van der Waals surface area contributed by atoms with Gasteiger partial charge in [-0.25, -0.2) is 4.79 Å². The zero-order valence-corrected chi connectivity index (χ0v) is 19.7. The summed E-state index contributed by atoms with van der Waals surface area (Å²) in [5.74, 6) is -0.126. The Morgan fingerprint density at radius 1 is 1.06 bits per heavy atom. The van der Waals surface area contributed by atoms with E-state index in [-0.39, 0.29) is 18.5 Å². The molecule has 0 atom stereocenters. The number of aryl methyl sites for hydroxylation is 2. The van der Waals surface area contributed by atoms with E-state index in [1.54, 1.807) is 16.9 Å². The molecule has 0 aliphatic carbocycles. The van der Waals surface area contributed by atoms with Gasteiger partial charge in [-0.05, 0) is 44.5 Å². The molecule has 1 heterocycles. The van der Waals surface area contributed by atoms with Gasteiger partial charge in [0.1, 0.15) is 6.54 Å². The summed E-state index contributed by atoms with van der Waals surface area (Å²) in [5.41, 5.74) is 2.82. The maximum atomic E-state index is 13.2. The van der Waals surface area contributed by atoms with Gasteiger partial charge >= 0.3 is 6.03 Å². The highest BCUT2D eigenvalue weighted by molar-refractivity contribution is 5.92. The van der Waals surface area contributed by atoms with Crippen LogP contribution in [0, 0.1) is 6.92 Å². The highest BCUT2D eigenvalue weighted by Gasteiger charge is 2.22. The van der Waals surface area contributed by atoms with Crippen molar-refractivity contribution < 1.29 is 19.1 Å². The number of nitrogens with one attached hydrogen (secondary N) is 1. The van der Waals surface area contributed by atoms with Gasteiger partial charge in [0.25, 0.3) is 0 Å². The van der Waals surface area contributed by atoms with Gasteiger partial charge in [-0.1, -0.05) is 17.7 Å². The number of benzene rings is 1. The van der Waals surface area contributed by atoms with Gasteiger partial charge in [0.05, 0.1) is 13.2 Å². The third-order valence-corrected chi connectivity index (χ3v) is 5.16. The number of amides is 3.